The molecule has 0 atom stereocenters. The van der Waals surface area contributed by atoms with E-state index in [1.165, 1.54) is 23.6 Å². The number of nitrogens with zero attached hydrogens (tertiary/aromatic N) is 3. The minimum absolute atomic E-state index is 0.112. The first-order valence-corrected chi connectivity index (χ1v) is 5.44. The van der Waals surface area contributed by atoms with Crippen LogP contribution >= 0.6 is 11.3 Å². The molecule has 0 saturated carbocycles. The van der Waals surface area contributed by atoms with Crippen molar-refractivity contribution in [3.05, 3.63) is 28.1 Å². The predicted molar refractivity (Wildman–Crippen MR) is 65.6 cm³/mol. The Balaban J connectivity index is 2.71. The molecule has 17 heavy (non-hydrogen) atoms. The molecule has 0 spiro atoms. The van der Waals surface area contributed by atoms with Crippen LogP contribution in [0.25, 0.3) is 10.4 Å². The largest absolute Gasteiger partial charge is 0.378 e. The molecule has 0 fully saturated rings. The van der Waals surface area contributed by atoms with Gasteiger partial charge in [0.15, 0.2) is 5.13 Å². The summed E-state index contributed by atoms with van der Waals surface area (Å²) in [5, 5.41) is 11.3. The highest BCUT2D eigenvalue weighted by Gasteiger charge is 2.23. The third kappa shape index (κ3) is 1.89. The van der Waals surface area contributed by atoms with Crippen molar-refractivity contribution < 1.29 is 4.92 Å². The normalized spacial score (nSPS) is 10.4. The highest BCUT2D eigenvalue weighted by atomic mass is 32.1. The zero-order chi connectivity index (χ0) is 12.6. The standard InChI is InChI=1S/C9H9N5O2S/c1-4-7(17-9(11)13-4)5-2-3-12-8(10)6(5)14(15)16/h2-3H,1H3,(H2,10,12)(H2,11,13). The molecule has 0 unspecified atom stereocenters. The van der Waals surface area contributed by atoms with Gasteiger partial charge in [0, 0.05) is 6.20 Å². The molecule has 2 aromatic rings. The van der Waals surface area contributed by atoms with E-state index in [0.717, 1.165) is 0 Å². The Morgan fingerprint density at radius 3 is 2.71 bits per heavy atom. The quantitative estimate of drug-likeness (QED) is 0.617. The average Bonchev–Trinajstić information content (AvgIpc) is 2.56. The van der Waals surface area contributed by atoms with E-state index in [9.17, 15) is 10.1 Å². The van der Waals surface area contributed by atoms with Crippen molar-refractivity contribution in [2.24, 2.45) is 0 Å². The molecule has 8 heteroatoms. The van der Waals surface area contributed by atoms with Gasteiger partial charge in [-0.2, -0.15) is 0 Å². The van der Waals surface area contributed by atoms with Gasteiger partial charge in [-0.15, -0.1) is 0 Å². The topological polar surface area (TPSA) is 121 Å². The van der Waals surface area contributed by atoms with E-state index >= 15 is 0 Å². The first-order valence-electron chi connectivity index (χ1n) is 4.63. The van der Waals surface area contributed by atoms with E-state index in [4.69, 9.17) is 11.5 Å². The molecule has 7 nitrogen and oxygen atoms in total. The van der Waals surface area contributed by atoms with Crippen LogP contribution < -0.4 is 11.5 Å². The van der Waals surface area contributed by atoms with Crippen LogP contribution in [0.2, 0.25) is 0 Å². The maximum Gasteiger partial charge on any atom is 0.319 e. The Hall–Kier alpha value is -2.22. The van der Waals surface area contributed by atoms with E-state index in [-0.39, 0.29) is 11.5 Å². The number of pyridine rings is 1. The van der Waals surface area contributed by atoms with Crippen molar-refractivity contribution in [2.75, 3.05) is 11.5 Å². The summed E-state index contributed by atoms with van der Waals surface area (Å²) in [5.74, 6) is -0.112. The number of thiazole rings is 1. The van der Waals surface area contributed by atoms with Gasteiger partial charge in [-0.1, -0.05) is 11.3 Å². The monoisotopic (exact) mass is 251 g/mol. The van der Waals surface area contributed by atoms with Crippen LogP contribution in [0.5, 0.6) is 0 Å². The number of nitrogens with two attached hydrogens (primary N) is 2. The van der Waals surface area contributed by atoms with Gasteiger partial charge in [-0.05, 0) is 13.0 Å². The van der Waals surface area contributed by atoms with E-state index in [2.05, 4.69) is 9.97 Å². The Bertz CT molecular complexity index is 595. The number of rotatable bonds is 2. The molecule has 0 bridgehead atoms. The molecule has 0 aromatic carbocycles. The lowest BCUT2D eigenvalue weighted by Gasteiger charge is -2.02. The van der Waals surface area contributed by atoms with E-state index in [1.54, 1.807) is 6.92 Å². The molecule has 0 amide bonds. The lowest BCUT2D eigenvalue weighted by atomic mass is 10.1. The molecule has 0 saturated heterocycles. The Kier molecular flexibility index (Phi) is 2.64. The molecule has 0 aliphatic carbocycles. The third-order valence-electron chi connectivity index (χ3n) is 2.19. The lowest BCUT2D eigenvalue weighted by Crippen LogP contribution is -2.00. The number of hydrogen-bond acceptors (Lipinski definition) is 7. The number of hydrogen-bond donors (Lipinski definition) is 2. The van der Waals surface area contributed by atoms with Crippen LogP contribution in [0.15, 0.2) is 12.3 Å². The summed E-state index contributed by atoms with van der Waals surface area (Å²) in [6, 6.07) is 1.54. The van der Waals surface area contributed by atoms with E-state index < -0.39 is 4.92 Å². The van der Waals surface area contributed by atoms with Crippen molar-refractivity contribution in [1.29, 1.82) is 0 Å². The van der Waals surface area contributed by atoms with Gasteiger partial charge in [0.25, 0.3) is 0 Å². The number of nitrogen functional groups attached to an aromatic ring is 2. The summed E-state index contributed by atoms with van der Waals surface area (Å²) in [5.41, 5.74) is 11.9. The summed E-state index contributed by atoms with van der Waals surface area (Å²) in [7, 11) is 0. The summed E-state index contributed by atoms with van der Waals surface area (Å²) in [4.78, 5) is 18.8. The molecule has 0 aliphatic rings. The van der Waals surface area contributed by atoms with Crippen molar-refractivity contribution in [2.45, 2.75) is 6.92 Å². The number of anilines is 2. The fraction of sp³-hybridized carbons (Fsp3) is 0.111. The fourth-order valence-corrected chi connectivity index (χ4v) is 2.37. The molecule has 88 valence electrons. The first kappa shape index (κ1) is 11.3. The van der Waals surface area contributed by atoms with Crippen LogP contribution in [-0.4, -0.2) is 14.9 Å². The van der Waals surface area contributed by atoms with Crippen molar-refractivity contribution in [1.82, 2.24) is 9.97 Å². The maximum atomic E-state index is 11.0. The minimum Gasteiger partial charge on any atom is -0.378 e. The summed E-state index contributed by atoms with van der Waals surface area (Å²) < 4.78 is 0. The Labute approximate surface area is 100 Å². The van der Waals surface area contributed by atoms with Crippen LogP contribution in [0.3, 0.4) is 0 Å². The zero-order valence-corrected chi connectivity index (χ0v) is 9.69. The SMILES string of the molecule is Cc1nc(N)sc1-c1ccnc(N)c1[N+](=O)[O-]. The molecule has 2 aromatic heterocycles. The molecular weight excluding hydrogens is 242 g/mol. The molecule has 0 aliphatic heterocycles. The third-order valence-corrected chi connectivity index (χ3v) is 3.21. The van der Waals surface area contributed by atoms with Gasteiger partial charge < -0.3 is 11.5 Å². The van der Waals surface area contributed by atoms with Gasteiger partial charge in [0.2, 0.25) is 5.82 Å². The van der Waals surface area contributed by atoms with Gasteiger partial charge >= 0.3 is 5.69 Å². The second-order valence-corrected chi connectivity index (χ2v) is 4.35. The first-order chi connectivity index (χ1) is 8.00. The van der Waals surface area contributed by atoms with Gasteiger partial charge in [-0.25, -0.2) is 9.97 Å². The lowest BCUT2D eigenvalue weighted by molar-refractivity contribution is -0.383. The number of aromatic nitrogens is 2. The molecule has 4 N–H and O–H groups in total. The van der Waals surface area contributed by atoms with Crippen LogP contribution in [0, 0.1) is 17.0 Å². The number of aryl methyl sites for hydroxylation is 1. The molecule has 2 rings (SSSR count). The smallest absolute Gasteiger partial charge is 0.319 e. The van der Waals surface area contributed by atoms with Crippen LogP contribution in [0.1, 0.15) is 5.69 Å². The summed E-state index contributed by atoms with van der Waals surface area (Å²) in [6.07, 6.45) is 1.42. The molecule has 2 heterocycles. The van der Waals surface area contributed by atoms with Gasteiger partial charge in [0.1, 0.15) is 0 Å². The van der Waals surface area contributed by atoms with E-state index in [0.29, 0.717) is 21.3 Å². The van der Waals surface area contributed by atoms with Crippen molar-refractivity contribution >= 4 is 28.0 Å². The van der Waals surface area contributed by atoms with E-state index in [1.807, 2.05) is 0 Å². The Morgan fingerprint density at radius 2 is 2.18 bits per heavy atom. The summed E-state index contributed by atoms with van der Waals surface area (Å²) >= 11 is 1.19. The minimum atomic E-state index is -0.549. The number of nitro groups is 1. The van der Waals surface area contributed by atoms with Crippen LogP contribution in [-0.2, 0) is 0 Å². The predicted octanol–water partition coefficient (Wildman–Crippen LogP) is 1.59. The molecule has 0 radical (unpaired) electrons. The zero-order valence-electron chi connectivity index (χ0n) is 8.88. The van der Waals surface area contributed by atoms with Gasteiger partial charge in [0.05, 0.1) is 21.1 Å². The van der Waals surface area contributed by atoms with Crippen LogP contribution in [0.4, 0.5) is 16.6 Å². The Morgan fingerprint density at radius 1 is 1.47 bits per heavy atom. The second kappa shape index (κ2) is 3.98. The van der Waals surface area contributed by atoms with Gasteiger partial charge in [-0.3, -0.25) is 10.1 Å². The average molecular weight is 251 g/mol. The summed E-state index contributed by atoms with van der Waals surface area (Å²) in [6.45, 7) is 1.74. The highest BCUT2D eigenvalue weighted by molar-refractivity contribution is 7.19. The van der Waals surface area contributed by atoms with Crippen molar-refractivity contribution in [3.63, 3.8) is 0 Å². The van der Waals surface area contributed by atoms with Crippen molar-refractivity contribution in [3.8, 4) is 10.4 Å². The maximum absolute atomic E-state index is 11.0. The second-order valence-electron chi connectivity index (χ2n) is 3.32. The molecular formula is C9H9N5O2S. The highest BCUT2D eigenvalue weighted by Crippen LogP contribution is 2.38. The fourth-order valence-electron chi connectivity index (χ4n) is 1.51.